The second-order valence-corrected chi connectivity index (χ2v) is 8.32. The number of benzene rings is 1. The minimum absolute atomic E-state index is 0.0199. The van der Waals surface area contributed by atoms with Crippen LogP contribution >= 0.6 is 0 Å². The fourth-order valence-electron chi connectivity index (χ4n) is 5.40. The van der Waals surface area contributed by atoms with E-state index >= 15 is 0 Å². The lowest BCUT2D eigenvalue weighted by Gasteiger charge is -2.46. The van der Waals surface area contributed by atoms with E-state index < -0.39 is 0 Å². The van der Waals surface area contributed by atoms with Gasteiger partial charge in [0.1, 0.15) is 0 Å². The highest BCUT2D eigenvalue weighted by atomic mass is 16.2. The average molecular weight is 361 g/mol. The SMILES string of the molecule is O=C(C[C@@H]1CN2CCC1CC2)N1CCc2ccccc2[C@H]1c1ccncc1. The molecular weight excluding hydrogens is 334 g/mol. The van der Waals surface area contributed by atoms with Gasteiger partial charge in [-0.3, -0.25) is 9.78 Å². The van der Waals surface area contributed by atoms with Gasteiger partial charge in [0.05, 0.1) is 6.04 Å². The summed E-state index contributed by atoms with van der Waals surface area (Å²) in [6.07, 6.45) is 7.86. The van der Waals surface area contributed by atoms with E-state index in [0.29, 0.717) is 18.2 Å². The van der Waals surface area contributed by atoms with Crippen molar-refractivity contribution in [3.05, 3.63) is 65.5 Å². The lowest BCUT2D eigenvalue weighted by molar-refractivity contribution is -0.136. The first-order valence-electron chi connectivity index (χ1n) is 10.3. The molecule has 3 fully saturated rings. The Morgan fingerprint density at radius 1 is 1.04 bits per heavy atom. The summed E-state index contributed by atoms with van der Waals surface area (Å²) in [5.74, 6) is 1.61. The molecule has 2 aromatic rings. The summed E-state index contributed by atoms with van der Waals surface area (Å²) in [7, 11) is 0. The molecular formula is C23H27N3O. The largest absolute Gasteiger partial charge is 0.331 e. The molecule has 5 heterocycles. The molecule has 0 N–H and O–H groups in total. The van der Waals surface area contributed by atoms with Gasteiger partial charge in [0.2, 0.25) is 5.91 Å². The number of piperidine rings is 3. The maximum atomic E-state index is 13.4. The van der Waals surface area contributed by atoms with Crippen LogP contribution in [0.4, 0.5) is 0 Å². The normalized spacial score (nSPS) is 29.4. The van der Waals surface area contributed by atoms with Crippen molar-refractivity contribution in [1.29, 1.82) is 0 Å². The Morgan fingerprint density at radius 3 is 2.56 bits per heavy atom. The monoisotopic (exact) mass is 361 g/mol. The number of carbonyl (C=O) groups is 1. The van der Waals surface area contributed by atoms with E-state index in [1.165, 1.54) is 42.6 Å². The molecule has 0 unspecified atom stereocenters. The maximum absolute atomic E-state index is 13.4. The second-order valence-electron chi connectivity index (χ2n) is 8.32. The summed E-state index contributed by atoms with van der Waals surface area (Å²) in [6.45, 7) is 4.38. The summed E-state index contributed by atoms with van der Waals surface area (Å²) < 4.78 is 0. The van der Waals surface area contributed by atoms with Gasteiger partial charge in [0, 0.05) is 31.9 Å². The van der Waals surface area contributed by atoms with E-state index in [2.05, 4.69) is 51.2 Å². The highest BCUT2D eigenvalue weighted by Gasteiger charge is 2.38. The first kappa shape index (κ1) is 16.9. The molecule has 1 amide bonds. The van der Waals surface area contributed by atoms with Crippen LogP contribution in [0.5, 0.6) is 0 Å². The zero-order valence-corrected chi connectivity index (χ0v) is 15.8. The first-order chi connectivity index (χ1) is 13.3. The van der Waals surface area contributed by atoms with Gasteiger partial charge in [-0.05, 0) is 73.0 Å². The topological polar surface area (TPSA) is 36.4 Å². The molecule has 4 heteroatoms. The summed E-state index contributed by atoms with van der Waals surface area (Å²) in [5, 5.41) is 0. The van der Waals surface area contributed by atoms with Gasteiger partial charge in [0.15, 0.2) is 0 Å². The van der Waals surface area contributed by atoms with Crippen LogP contribution < -0.4 is 0 Å². The molecule has 0 saturated carbocycles. The molecule has 4 aliphatic heterocycles. The number of rotatable bonds is 3. The lowest BCUT2D eigenvalue weighted by Crippen LogP contribution is -2.49. The Hall–Kier alpha value is -2.20. The van der Waals surface area contributed by atoms with Gasteiger partial charge in [-0.25, -0.2) is 0 Å². The third-order valence-electron chi connectivity index (χ3n) is 6.85. The van der Waals surface area contributed by atoms with Crippen molar-refractivity contribution in [3.63, 3.8) is 0 Å². The van der Waals surface area contributed by atoms with Gasteiger partial charge in [-0.2, -0.15) is 0 Å². The number of nitrogens with zero attached hydrogens (tertiary/aromatic N) is 3. The number of hydrogen-bond acceptors (Lipinski definition) is 3. The van der Waals surface area contributed by atoms with E-state index in [0.717, 1.165) is 25.4 Å². The van der Waals surface area contributed by atoms with Crippen molar-refractivity contribution in [1.82, 2.24) is 14.8 Å². The van der Waals surface area contributed by atoms with Crippen molar-refractivity contribution in [3.8, 4) is 0 Å². The third kappa shape index (κ3) is 3.16. The molecule has 1 aromatic heterocycles. The van der Waals surface area contributed by atoms with Gasteiger partial charge >= 0.3 is 0 Å². The Labute approximate surface area is 161 Å². The molecule has 4 nitrogen and oxygen atoms in total. The van der Waals surface area contributed by atoms with E-state index in [1.807, 2.05) is 12.4 Å². The fourth-order valence-corrected chi connectivity index (χ4v) is 5.40. The van der Waals surface area contributed by atoms with E-state index in [9.17, 15) is 4.79 Å². The summed E-state index contributed by atoms with van der Waals surface area (Å²) >= 11 is 0. The minimum Gasteiger partial charge on any atom is -0.331 e. The summed E-state index contributed by atoms with van der Waals surface area (Å²) in [5.41, 5.74) is 3.81. The van der Waals surface area contributed by atoms with Crippen molar-refractivity contribution in [2.75, 3.05) is 26.2 Å². The van der Waals surface area contributed by atoms with E-state index in [1.54, 1.807) is 0 Å². The molecule has 27 heavy (non-hydrogen) atoms. The van der Waals surface area contributed by atoms with Gasteiger partial charge in [-0.15, -0.1) is 0 Å². The highest BCUT2D eigenvalue weighted by molar-refractivity contribution is 5.78. The van der Waals surface area contributed by atoms with Gasteiger partial charge in [0.25, 0.3) is 0 Å². The standard InChI is InChI=1S/C23H27N3O/c27-22(15-20-16-25-12-7-17(20)8-13-25)26-14-9-18-3-1-2-4-21(18)23(26)19-5-10-24-11-6-19/h1-6,10-11,17,20,23H,7-9,12-16H2/t20-,23-/m1/s1. The molecule has 4 aliphatic rings. The molecule has 2 atom stereocenters. The molecule has 0 spiro atoms. The predicted octanol–water partition coefficient (Wildman–Crippen LogP) is 3.29. The van der Waals surface area contributed by atoms with Crippen LogP contribution in [0.2, 0.25) is 0 Å². The number of fused-ring (bicyclic) bond motifs is 4. The Bertz CT molecular complexity index is 813. The maximum Gasteiger partial charge on any atom is 0.223 e. The average Bonchev–Trinajstić information content (AvgIpc) is 2.74. The summed E-state index contributed by atoms with van der Waals surface area (Å²) in [6, 6.07) is 12.7. The lowest BCUT2D eigenvalue weighted by atomic mass is 9.77. The van der Waals surface area contributed by atoms with Crippen LogP contribution in [0.15, 0.2) is 48.8 Å². The van der Waals surface area contributed by atoms with Crippen molar-refractivity contribution in [2.45, 2.75) is 31.7 Å². The number of pyridine rings is 1. The number of aromatic nitrogens is 1. The zero-order valence-electron chi connectivity index (χ0n) is 15.8. The molecule has 6 rings (SSSR count). The fraction of sp³-hybridized carbons (Fsp3) is 0.478. The number of hydrogen-bond donors (Lipinski definition) is 0. The van der Waals surface area contributed by atoms with Crippen LogP contribution in [0.3, 0.4) is 0 Å². The van der Waals surface area contributed by atoms with E-state index in [4.69, 9.17) is 0 Å². The first-order valence-corrected chi connectivity index (χ1v) is 10.3. The quantitative estimate of drug-likeness (QED) is 0.842. The number of carbonyl (C=O) groups excluding carboxylic acids is 1. The van der Waals surface area contributed by atoms with Crippen molar-refractivity contribution in [2.24, 2.45) is 11.8 Å². The van der Waals surface area contributed by atoms with Crippen LogP contribution in [0, 0.1) is 11.8 Å². The second kappa shape index (κ2) is 7.08. The molecule has 1 aromatic carbocycles. The summed E-state index contributed by atoms with van der Waals surface area (Å²) in [4.78, 5) is 22.3. The van der Waals surface area contributed by atoms with Crippen molar-refractivity contribution < 1.29 is 4.79 Å². The van der Waals surface area contributed by atoms with Gasteiger partial charge < -0.3 is 9.80 Å². The van der Waals surface area contributed by atoms with Crippen LogP contribution in [-0.4, -0.2) is 46.9 Å². The number of amides is 1. The van der Waals surface area contributed by atoms with Crippen molar-refractivity contribution >= 4 is 5.91 Å². The Kier molecular flexibility index (Phi) is 4.44. The molecule has 2 bridgehead atoms. The van der Waals surface area contributed by atoms with Crippen LogP contribution in [-0.2, 0) is 11.2 Å². The Morgan fingerprint density at radius 2 is 1.81 bits per heavy atom. The van der Waals surface area contributed by atoms with E-state index in [-0.39, 0.29) is 6.04 Å². The highest BCUT2D eigenvalue weighted by Crippen LogP contribution is 2.38. The zero-order chi connectivity index (χ0) is 18.2. The predicted molar refractivity (Wildman–Crippen MR) is 105 cm³/mol. The molecule has 0 radical (unpaired) electrons. The molecule has 3 saturated heterocycles. The Balaban J connectivity index is 1.43. The van der Waals surface area contributed by atoms with Crippen LogP contribution in [0.1, 0.15) is 42.0 Å². The van der Waals surface area contributed by atoms with Gasteiger partial charge in [-0.1, -0.05) is 24.3 Å². The molecule has 140 valence electrons. The van der Waals surface area contributed by atoms with Crippen LogP contribution in [0.25, 0.3) is 0 Å². The molecule has 0 aliphatic carbocycles. The third-order valence-corrected chi connectivity index (χ3v) is 6.85. The minimum atomic E-state index is 0.0199. The smallest absolute Gasteiger partial charge is 0.223 e.